The molecule has 0 aliphatic heterocycles. The monoisotopic (exact) mass is 522 g/mol. The van der Waals surface area contributed by atoms with Crippen LogP contribution in [0.1, 0.15) is 16.1 Å². The molecule has 31 heavy (non-hydrogen) atoms. The zero-order valence-electron chi connectivity index (χ0n) is 16.3. The third kappa shape index (κ3) is 3.59. The first-order valence-electron chi connectivity index (χ1n) is 9.41. The molecule has 0 spiro atoms. The van der Waals surface area contributed by atoms with Crippen molar-refractivity contribution < 1.29 is 9.53 Å². The van der Waals surface area contributed by atoms with E-state index in [0.717, 1.165) is 14.5 Å². The quantitative estimate of drug-likeness (QED) is 0.279. The zero-order chi connectivity index (χ0) is 21.5. The normalized spacial score (nSPS) is 11.2. The first kappa shape index (κ1) is 19.4. The van der Waals surface area contributed by atoms with Crippen LogP contribution < -0.4 is 10.3 Å². The van der Waals surface area contributed by atoms with Gasteiger partial charge in [0.05, 0.1) is 22.8 Å². The van der Waals surface area contributed by atoms with Crippen LogP contribution in [0, 0.1) is 3.57 Å². The molecule has 5 aromatic rings. The van der Waals surface area contributed by atoms with Crippen molar-refractivity contribution >= 4 is 50.2 Å². The number of benzene rings is 2. The van der Waals surface area contributed by atoms with E-state index >= 15 is 0 Å². The molecule has 0 radical (unpaired) electrons. The van der Waals surface area contributed by atoms with Gasteiger partial charge in [-0.1, -0.05) is 0 Å². The number of aryl methyl sites for hydroxylation is 1. The van der Waals surface area contributed by atoms with E-state index in [1.165, 1.54) is 12.4 Å². The van der Waals surface area contributed by atoms with Gasteiger partial charge in [0, 0.05) is 33.3 Å². The lowest BCUT2D eigenvalue weighted by molar-refractivity contribution is 0.103. The van der Waals surface area contributed by atoms with Crippen LogP contribution in [-0.2, 0) is 7.05 Å². The van der Waals surface area contributed by atoms with Gasteiger partial charge in [-0.15, -0.1) is 0 Å². The van der Waals surface area contributed by atoms with Crippen molar-refractivity contribution in [2.75, 3.05) is 0 Å². The van der Waals surface area contributed by atoms with Crippen LogP contribution >= 0.6 is 22.6 Å². The van der Waals surface area contributed by atoms with Crippen LogP contribution in [0.15, 0.2) is 71.8 Å². The second kappa shape index (κ2) is 7.62. The summed E-state index contributed by atoms with van der Waals surface area (Å²) < 4.78 is 8.73. The zero-order valence-corrected chi connectivity index (χ0v) is 18.5. The molecule has 7 nitrogen and oxygen atoms in total. The van der Waals surface area contributed by atoms with Crippen molar-refractivity contribution in [1.82, 2.24) is 19.5 Å². The summed E-state index contributed by atoms with van der Waals surface area (Å²) in [6, 6.07) is 16.5. The second-order valence-corrected chi connectivity index (χ2v) is 8.26. The Morgan fingerprint density at radius 1 is 1.10 bits per heavy atom. The third-order valence-electron chi connectivity index (χ3n) is 5.05. The maximum absolute atomic E-state index is 13.0. The Balaban J connectivity index is 1.50. The fourth-order valence-electron chi connectivity index (χ4n) is 3.49. The molecular weight excluding hydrogens is 507 g/mol. The van der Waals surface area contributed by atoms with Crippen LogP contribution in [0.25, 0.3) is 21.8 Å². The van der Waals surface area contributed by atoms with E-state index < -0.39 is 0 Å². The van der Waals surface area contributed by atoms with Gasteiger partial charge in [0.25, 0.3) is 5.56 Å². The molecule has 3 aromatic heterocycles. The number of hydrogen-bond donors (Lipinski definition) is 1. The number of nitrogens with zero attached hydrogens (tertiary/aromatic N) is 3. The largest absolute Gasteiger partial charge is 0.426 e. The number of carbonyl (C=O) groups excluding carboxylic acids is 1. The summed E-state index contributed by atoms with van der Waals surface area (Å²) in [5.41, 5.74) is 2.26. The van der Waals surface area contributed by atoms with Crippen LogP contribution in [0.3, 0.4) is 0 Å². The smallest absolute Gasteiger partial charge is 0.302 e. The summed E-state index contributed by atoms with van der Waals surface area (Å²) in [5.74, 6) is 0.448. The SMILES string of the molecule is Cn1c(C(=O)c2ccc(I)cc2)cc2cc(Oc3nc4cnccc4c(=O)[nH]3)ccc21. The van der Waals surface area contributed by atoms with Crippen LogP contribution in [-0.4, -0.2) is 25.3 Å². The maximum Gasteiger partial charge on any atom is 0.302 e. The Bertz CT molecular complexity index is 1520. The average Bonchev–Trinajstić information content (AvgIpc) is 3.09. The topological polar surface area (TPSA) is 89.9 Å². The molecule has 152 valence electrons. The van der Waals surface area contributed by atoms with Gasteiger partial charge in [-0.25, -0.2) is 0 Å². The molecule has 1 N–H and O–H groups in total. The molecule has 0 unspecified atom stereocenters. The fraction of sp³-hybridized carbons (Fsp3) is 0.0435. The van der Waals surface area contributed by atoms with Crippen LogP contribution in [0.5, 0.6) is 11.8 Å². The van der Waals surface area contributed by atoms with Gasteiger partial charge in [-0.05, 0) is 77.2 Å². The maximum atomic E-state index is 13.0. The number of aromatic nitrogens is 4. The molecule has 0 fully saturated rings. The summed E-state index contributed by atoms with van der Waals surface area (Å²) in [6.45, 7) is 0. The molecule has 3 heterocycles. The van der Waals surface area contributed by atoms with Gasteiger partial charge in [0.1, 0.15) is 5.75 Å². The Hall–Kier alpha value is -3.53. The van der Waals surface area contributed by atoms with Crippen LogP contribution in [0.2, 0.25) is 0 Å². The summed E-state index contributed by atoms with van der Waals surface area (Å²) in [5, 5.41) is 1.29. The fourth-order valence-corrected chi connectivity index (χ4v) is 3.85. The Labute approximate surface area is 189 Å². The lowest BCUT2D eigenvalue weighted by atomic mass is 10.1. The van der Waals surface area contributed by atoms with Crippen molar-refractivity contribution in [2.24, 2.45) is 7.05 Å². The molecule has 8 heteroatoms. The summed E-state index contributed by atoms with van der Waals surface area (Å²) in [7, 11) is 1.86. The van der Waals surface area contributed by atoms with E-state index in [0.29, 0.717) is 27.9 Å². The number of carbonyl (C=O) groups is 1. The van der Waals surface area contributed by atoms with Crippen molar-refractivity contribution in [2.45, 2.75) is 0 Å². The first-order chi connectivity index (χ1) is 15.0. The van der Waals surface area contributed by atoms with Gasteiger partial charge >= 0.3 is 6.01 Å². The molecule has 0 saturated heterocycles. The average molecular weight is 522 g/mol. The molecule has 0 saturated carbocycles. The minimum Gasteiger partial charge on any atom is -0.426 e. The molecule has 0 bridgehead atoms. The number of aromatic amines is 1. The lowest BCUT2D eigenvalue weighted by Crippen LogP contribution is -2.09. The summed E-state index contributed by atoms with van der Waals surface area (Å²) in [4.78, 5) is 36.1. The van der Waals surface area contributed by atoms with Gasteiger partial charge in [-0.2, -0.15) is 4.98 Å². The second-order valence-electron chi connectivity index (χ2n) is 7.01. The molecule has 0 aliphatic carbocycles. The van der Waals surface area contributed by atoms with E-state index in [2.05, 4.69) is 37.5 Å². The van der Waals surface area contributed by atoms with Gasteiger partial charge in [0.15, 0.2) is 0 Å². The Morgan fingerprint density at radius 3 is 2.71 bits per heavy atom. The van der Waals surface area contributed by atoms with Crippen molar-refractivity contribution in [3.8, 4) is 11.8 Å². The van der Waals surface area contributed by atoms with Crippen molar-refractivity contribution in [3.05, 3.63) is 92.2 Å². The predicted octanol–water partition coefficient (Wildman–Crippen LogP) is 4.44. The third-order valence-corrected chi connectivity index (χ3v) is 5.77. The molecule has 0 atom stereocenters. The van der Waals surface area contributed by atoms with Crippen LogP contribution in [0.4, 0.5) is 0 Å². The standard InChI is InChI=1S/C23H15IN4O3/c1-28-19-7-6-16(31-23-26-18-12-25-9-8-17(18)22(30)27-23)10-14(19)11-20(28)21(29)13-2-4-15(24)5-3-13/h2-12H,1H3,(H,26,27,30). The molecular formula is C23H15IN4O3. The number of H-pyrrole nitrogens is 1. The number of fused-ring (bicyclic) bond motifs is 2. The van der Waals surface area contributed by atoms with Crippen molar-refractivity contribution in [3.63, 3.8) is 0 Å². The number of hydrogen-bond acceptors (Lipinski definition) is 5. The molecule has 2 aromatic carbocycles. The Kier molecular flexibility index (Phi) is 4.78. The number of ketones is 1. The first-order valence-corrected chi connectivity index (χ1v) is 10.5. The number of pyridine rings is 1. The lowest BCUT2D eigenvalue weighted by Gasteiger charge is -2.06. The van der Waals surface area contributed by atoms with Crippen molar-refractivity contribution in [1.29, 1.82) is 0 Å². The highest BCUT2D eigenvalue weighted by atomic mass is 127. The van der Waals surface area contributed by atoms with E-state index in [9.17, 15) is 9.59 Å². The summed E-state index contributed by atoms with van der Waals surface area (Å²) >= 11 is 2.21. The minimum atomic E-state index is -0.298. The molecule has 5 rings (SSSR count). The molecule has 0 aliphatic rings. The van der Waals surface area contributed by atoms with Gasteiger partial charge in [0.2, 0.25) is 5.78 Å². The summed E-state index contributed by atoms with van der Waals surface area (Å²) in [6.07, 6.45) is 3.05. The highest BCUT2D eigenvalue weighted by Gasteiger charge is 2.16. The Morgan fingerprint density at radius 2 is 1.90 bits per heavy atom. The predicted molar refractivity (Wildman–Crippen MR) is 126 cm³/mol. The number of nitrogens with one attached hydrogen (secondary N) is 1. The van der Waals surface area contributed by atoms with Gasteiger partial charge in [-0.3, -0.25) is 19.6 Å². The number of halogens is 1. The minimum absolute atomic E-state index is 0.0504. The molecule has 0 amide bonds. The number of ether oxygens (including phenoxy) is 1. The van der Waals surface area contributed by atoms with E-state index in [1.807, 2.05) is 54.1 Å². The van der Waals surface area contributed by atoms with E-state index in [1.54, 1.807) is 12.1 Å². The van der Waals surface area contributed by atoms with E-state index in [4.69, 9.17) is 4.74 Å². The highest BCUT2D eigenvalue weighted by molar-refractivity contribution is 14.1. The van der Waals surface area contributed by atoms with E-state index in [-0.39, 0.29) is 17.4 Å². The van der Waals surface area contributed by atoms with Gasteiger partial charge < -0.3 is 9.30 Å². The highest BCUT2D eigenvalue weighted by Crippen LogP contribution is 2.27. The number of rotatable bonds is 4.